The molecule has 1 saturated heterocycles. The smallest absolute Gasteiger partial charge is 0.199 e. The van der Waals surface area contributed by atoms with E-state index in [2.05, 4.69) is 21.7 Å². The predicted molar refractivity (Wildman–Crippen MR) is 104 cm³/mol. The lowest BCUT2D eigenvalue weighted by Crippen LogP contribution is -2.56. The molecule has 10 nitrogen and oxygen atoms in total. The number of aliphatic imine (C=N–C) groups is 1. The molecule has 1 aromatic carbocycles. The van der Waals surface area contributed by atoms with Crippen LogP contribution < -0.4 is 4.74 Å². The van der Waals surface area contributed by atoms with Gasteiger partial charge in [-0.2, -0.15) is 0 Å². The third-order valence-corrected chi connectivity index (χ3v) is 4.61. The van der Waals surface area contributed by atoms with Gasteiger partial charge in [-0.3, -0.25) is 4.99 Å². The molecule has 0 amide bonds. The molecule has 1 aliphatic heterocycles. The maximum atomic E-state index is 10.5. The van der Waals surface area contributed by atoms with Gasteiger partial charge < -0.3 is 29.9 Å². The Kier molecular flexibility index (Phi) is 6.40. The van der Waals surface area contributed by atoms with Gasteiger partial charge in [-0.1, -0.05) is 18.7 Å². The van der Waals surface area contributed by atoms with Gasteiger partial charge in [-0.05, 0) is 19.1 Å². The molecule has 5 atom stereocenters. The van der Waals surface area contributed by atoms with Crippen LogP contribution in [0.25, 0.3) is 17.1 Å². The highest BCUT2D eigenvalue weighted by Crippen LogP contribution is 2.33. The van der Waals surface area contributed by atoms with Gasteiger partial charge >= 0.3 is 0 Å². The van der Waals surface area contributed by atoms with E-state index in [1.807, 2.05) is 0 Å². The minimum atomic E-state index is -1.55. The van der Waals surface area contributed by atoms with Crippen LogP contribution in [0, 0.1) is 0 Å². The zero-order valence-corrected chi connectivity index (χ0v) is 16.1. The summed E-state index contributed by atoms with van der Waals surface area (Å²) in [4.78, 5) is 8.55. The van der Waals surface area contributed by atoms with Crippen LogP contribution in [0.5, 0.6) is 5.75 Å². The Morgan fingerprint density at radius 1 is 1.31 bits per heavy atom. The monoisotopic (exact) mass is 404 g/mol. The minimum Gasteiger partial charge on any atom is -0.497 e. The van der Waals surface area contributed by atoms with Crippen LogP contribution in [0.1, 0.15) is 19.0 Å². The van der Waals surface area contributed by atoms with E-state index in [-0.39, 0.29) is 5.82 Å². The number of aliphatic hydroxyl groups excluding tert-OH is 4. The van der Waals surface area contributed by atoms with E-state index in [4.69, 9.17) is 9.47 Å². The van der Waals surface area contributed by atoms with E-state index in [0.717, 1.165) is 0 Å². The summed E-state index contributed by atoms with van der Waals surface area (Å²) in [5.74, 6) is 1.08. The van der Waals surface area contributed by atoms with Gasteiger partial charge in [-0.15, -0.1) is 5.10 Å². The standard InChI is InChI=1S/C19H24N4O6/c1-4-20-10(2)17-21-18(11-6-5-7-12(8-11)28-3)23(22-17)19-16(27)15(26)14(25)13(9-24)29-19/h4-8,13-16,19,24-27H,2,9H2,1,3H3/t13-,14-,15+,16-,19?/m1/s1. The van der Waals surface area contributed by atoms with E-state index in [1.54, 1.807) is 37.4 Å². The number of ether oxygens (including phenoxy) is 2. The van der Waals surface area contributed by atoms with Crippen LogP contribution in [-0.2, 0) is 4.74 Å². The summed E-state index contributed by atoms with van der Waals surface area (Å²) in [6.07, 6.45) is -5.30. The van der Waals surface area contributed by atoms with Crippen LogP contribution in [0.2, 0.25) is 0 Å². The second kappa shape index (κ2) is 8.80. The average molecular weight is 404 g/mol. The largest absolute Gasteiger partial charge is 0.497 e. The van der Waals surface area contributed by atoms with Crippen molar-refractivity contribution >= 4 is 11.9 Å². The Labute approximate surface area is 167 Å². The molecule has 29 heavy (non-hydrogen) atoms. The highest BCUT2D eigenvalue weighted by molar-refractivity contribution is 5.69. The third kappa shape index (κ3) is 4.07. The van der Waals surface area contributed by atoms with Crippen molar-refractivity contribution < 1.29 is 29.9 Å². The fourth-order valence-corrected chi connectivity index (χ4v) is 3.08. The zero-order valence-electron chi connectivity index (χ0n) is 16.1. The lowest BCUT2D eigenvalue weighted by Gasteiger charge is -2.40. The van der Waals surface area contributed by atoms with E-state index in [0.29, 0.717) is 22.8 Å². The first-order valence-corrected chi connectivity index (χ1v) is 9.00. The fourth-order valence-electron chi connectivity index (χ4n) is 3.08. The van der Waals surface area contributed by atoms with Gasteiger partial charge in [-0.25, -0.2) is 9.67 Å². The van der Waals surface area contributed by atoms with Gasteiger partial charge in [0.25, 0.3) is 0 Å². The van der Waals surface area contributed by atoms with E-state index in [9.17, 15) is 20.4 Å². The van der Waals surface area contributed by atoms with Crippen molar-refractivity contribution in [3.05, 3.63) is 36.7 Å². The van der Waals surface area contributed by atoms with Gasteiger partial charge in [0.15, 0.2) is 17.9 Å². The maximum absolute atomic E-state index is 10.5. The predicted octanol–water partition coefficient (Wildman–Crippen LogP) is -0.0125. The summed E-state index contributed by atoms with van der Waals surface area (Å²) >= 11 is 0. The quantitative estimate of drug-likeness (QED) is 0.492. The maximum Gasteiger partial charge on any atom is 0.199 e. The van der Waals surface area contributed by atoms with Crippen LogP contribution >= 0.6 is 0 Å². The molecule has 0 saturated carbocycles. The normalized spacial score (nSPS) is 27.3. The number of hydrogen-bond donors (Lipinski definition) is 4. The number of nitrogens with zero attached hydrogens (tertiary/aromatic N) is 4. The van der Waals surface area contributed by atoms with Crippen molar-refractivity contribution in [1.29, 1.82) is 0 Å². The molecule has 3 rings (SSSR count). The Balaban J connectivity index is 2.12. The third-order valence-electron chi connectivity index (χ3n) is 4.61. The molecule has 2 aromatic rings. The molecule has 1 aliphatic rings. The number of rotatable bonds is 6. The molecule has 0 radical (unpaired) electrons. The zero-order chi connectivity index (χ0) is 21.1. The molecule has 4 N–H and O–H groups in total. The lowest BCUT2D eigenvalue weighted by atomic mass is 9.98. The van der Waals surface area contributed by atoms with Gasteiger partial charge in [0.2, 0.25) is 0 Å². The highest BCUT2D eigenvalue weighted by Gasteiger charge is 2.45. The summed E-state index contributed by atoms with van der Waals surface area (Å²) < 4.78 is 12.2. The van der Waals surface area contributed by atoms with Gasteiger partial charge in [0.1, 0.15) is 35.9 Å². The van der Waals surface area contributed by atoms with Crippen molar-refractivity contribution in [3.63, 3.8) is 0 Å². The number of methoxy groups -OCH3 is 1. The van der Waals surface area contributed by atoms with Crippen molar-refractivity contribution in [2.75, 3.05) is 13.7 Å². The molecule has 2 heterocycles. The van der Waals surface area contributed by atoms with Crippen LogP contribution in [-0.4, -0.2) is 79.5 Å². The summed E-state index contributed by atoms with van der Waals surface area (Å²) in [6.45, 7) is 5.00. The van der Waals surface area contributed by atoms with Crippen molar-refractivity contribution in [2.45, 2.75) is 37.6 Å². The Bertz CT molecular complexity index is 897. The molecule has 0 spiro atoms. The number of aromatic nitrogens is 3. The SMILES string of the molecule is C=C(N=CC)c1nc(-c2cccc(OC)c2)n(C2O[C@H](CO)[C@@H](O)[C@H](O)[C@H]2O)n1. The minimum absolute atomic E-state index is 0.192. The molecule has 1 fully saturated rings. The first kappa shape index (κ1) is 21.1. The molecular weight excluding hydrogens is 380 g/mol. The van der Waals surface area contributed by atoms with Gasteiger partial charge in [0, 0.05) is 11.8 Å². The lowest BCUT2D eigenvalue weighted by molar-refractivity contribution is -0.253. The molecule has 156 valence electrons. The molecule has 0 bridgehead atoms. The van der Waals surface area contributed by atoms with Crippen molar-refractivity contribution in [2.24, 2.45) is 4.99 Å². The van der Waals surface area contributed by atoms with Crippen LogP contribution in [0.3, 0.4) is 0 Å². The van der Waals surface area contributed by atoms with Crippen molar-refractivity contribution in [1.82, 2.24) is 14.8 Å². The number of hydrogen-bond acceptors (Lipinski definition) is 9. The topological polar surface area (TPSA) is 142 Å². The van der Waals surface area contributed by atoms with Crippen LogP contribution in [0.4, 0.5) is 0 Å². The molecule has 10 heteroatoms. The van der Waals surface area contributed by atoms with Crippen molar-refractivity contribution in [3.8, 4) is 17.1 Å². The summed E-state index contributed by atoms with van der Waals surface area (Å²) in [6, 6.07) is 7.02. The molecule has 1 aromatic heterocycles. The first-order chi connectivity index (χ1) is 13.9. The molecule has 0 aliphatic carbocycles. The Morgan fingerprint density at radius 2 is 2.07 bits per heavy atom. The van der Waals surface area contributed by atoms with E-state index >= 15 is 0 Å². The number of benzene rings is 1. The first-order valence-electron chi connectivity index (χ1n) is 9.00. The summed E-state index contributed by atoms with van der Waals surface area (Å²) in [7, 11) is 1.53. The summed E-state index contributed by atoms with van der Waals surface area (Å²) in [5, 5.41) is 44.6. The Morgan fingerprint density at radius 3 is 2.72 bits per heavy atom. The molecule has 1 unspecified atom stereocenters. The highest BCUT2D eigenvalue weighted by atomic mass is 16.6. The second-order valence-electron chi connectivity index (χ2n) is 6.49. The summed E-state index contributed by atoms with van der Waals surface area (Å²) in [5.41, 5.74) is 0.897. The number of aliphatic hydroxyl groups is 4. The molecular formula is C19H24N4O6. The van der Waals surface area contributed by atoms with Crippen LogP contribution in [0.15, 0.2) is 35.8 Å². The second-order valence-corrected chi connectivity index (χ2v) is 6.49. The average Bonchev–Trinajstić information content (AvgIpc) is 3.18. The van der Waals surface area contributed by atoms with Gasteiger partial charge in [0.05, 0.1) is 13.7 Å². The van der Waals surface area contributed by atoms with E-state index < -0.39 is 37.3 Å². The Hall–Kier alpha value is -2.63. The fraction of sp³-hybridized carbons (Fsp3) is 0.421. The van der Waals surface area contributed by atoms with E-state index in [1.165, 1.54) is 11.8 Å².